The number of aliphatic carboxylic acids is 1. The molecule has 21 heavy (non-hydrogen) atoms. The number of nitrogens with one attached hydrogen (secondary N) is 1. The van der Waals surface area contributed by atoms with E-state index in [1.54, 1.807) is 6.07 Å². The highest BCUT2D eigenvalue weighted by atomic mass is 19.4. The molecule has 0 saturated heterocycles. The summed E-state index contributed by atoms with van der Waals surface area (Å²) >= 11 is 0. The Morgan fingerprint density at radius 2 is 2.05 bits per heavy atom. The lowest BCUT2D eigenvalue weighted by atomic mass is 9.94. The predicted octanol–water partition coefficient (Wildman–Crippen LogP) is 3.24. The van der Waals surface area contributed by atoms with E-state index in [0.717, 1.165) is 31.0 Å². The molecule has 1 aliphatic carbocycles. The third kappa shape index (κ3) is 2.94. The molecule has 7 heteroatoms. The molecule has 0 bridgehead atoms. The minimum Gasteiger partial charge on any atom is -0.480 e. The van der Waals surface area contributed by atoms with Crippen LogP contribution >= 0.6 is 0 Å². The molecule has 0 amide bonds. The van der Waals surface area contributed by atoms with E-state index in [1.165, 1.54) is 6.92 Å². The summed E-state index contributed by atoms with van der Waals surface area (Å²) in [5, 5.41) is 21.0. The fourth-order valence-electron chi connectivity index (χ4n) is 2.19. The van der Waals surface area contributed by atoms with Crippen molar-refractivity contribution in [3.05, 3.63) is 29.3 Å². The number of nitriles is 1. The molecule has 2 rings (SSSR count). The normalized spacial score (nSPS) is 17.7. The Morgan fingerprint density at radius 3 is 2.48 bits per heavy atom. The molecular weight excluding hydrogens is 285 g/mol. The molecule has 1 aliphatic rings. The van der Waals surface area contributed by atoms with E-state index in [-0.39, 0.29) is 17.2 Å². The van der Waals surface area contributed by atoms with Crippen LogP contribution in [0.15, 0.2) is 18.2 Å². The lowest BCUT2D eigenvalue weighted by Gasteiger charge is -2.28. The van der Waals surface area contributed by atoms with Crippen LogP contribution in [0.1, 0.15) is 30.9 Å². The SMILES string of the molecule is CC(Nc1ccc(C(F)(F)F)cc1C#N)(C(=O)O)C1CC1. The first kappa shape index (κ1) is 15.2. The maximum atomic E-state index is 12.6. The van der Waals surface area contributed by atoms with Crippen molar-refractivity contribution < 1.29 is 23.1 Å². The Balaban J connectivity index is 2.36. The zero-order valence-electron chi connectivity index (χ0n) is 11.2. The van der Waals surface area contributed by atoms with Crippen molar-refractivity contribution in [3.63, 3.8) is 0 Å². The Kier molecular flexibility index (Phi) is 3.58. The van der Waals surface area contributed by atoms with Gasteiger partial charge in [0.05, 0.1) is 16.8 Å². The molecule has 1 fully saturated rings. The van der Waals surface area contributed by atoms with Gasteiger partial charge in [0.15, 0.2) is 0 Å². The summed E-state index contributed by atoms with van der Waals surface area (Å²) in [4.78, 5) is 11.4. The highest BCUT2D eigenvalue weighted by Gasteiger charge is 2.48. The topological polar surface area (TPSA) is 73.1 Å². The number of hydrogen-bond acceptors (Lipinski definition) is 3. The van der Waals surface area contributed by atoms with E-state index < -0.39 is 23.2 Å². The average molecular weight is 298 g/mol. The number of halogens is 3. The van der Waals surface area contributed by atoms with Gasteiger partial charge in [0.2, 0.25) is 0 Å². The third-order valence-corrected chi connectivity index (χ3v) is 3.70. The van der Waals surface area contributed by atoms with Crippen molar-refractivity contribution >= 4 is 11.7 Å². The van der Waals surface area contributed by atoms with Crippen LogP contribution in [0.3, 0.4) is 0 Å². The first-order valence-electron chi connectivity index (χ1n) is 6.31. The number of carbonyl (C=O) groups is 1. The van der Waals surface area contributed by atoms with Gasteiger partial charge < -0.3 is 10.4 Å². The van der Waals surface area contributed by atoms with Crippen molar-refractivity contribution in [3.8, 4) is 6.07 Å². The van der Waals surface area contributed by atoms with Gasteiger partial charge in [0.1, 0.15) is 11.6 Å². The fraction of sp³-hybridized carbons (Fsp3) is 0.429. The van der Waals surface area contributed by atoms with E-state index in [2.05, 4.69) is 5.32 Å². The summed E-state index contributed by atoms with van der Waals surface area (Å²) in [5.41, 5.74) is -2.35. The minimum absolute atomic E-state index is 0.0937. The van der Waals surface area contributed by atoms with Crippen molar-refractivity contribution in [2.75, 3.05) is 5.32 Å². The van der Waals surface area contributed by atoms with Gasteiger partial charge in [-0.15, -0.1) is 0 Å². The lowest BCUT2D eigenvalue weighted by Crippen LogP contribution is -2.45. The van der Waals surface area contributed by atoms with Gasteiger partial charge in [0, 0.05) is 0 Å². The van der Waals surface area contributed by atoms with Crippen molar-refractivity contribution in [1.29, 1.82) is 5.26 Å². The quantitative estimate of drug-likeness (QED) is 0.895. The average Bonchev–Trinajstić information content (AvgIpc) is 3.22. The molecule has 4 nitrogen and oxygen atoms in total. The molecule has 1 aromatic rings. The Bertz CT molecular complexity index is 618. The van der Waals surface area contributed by atoms with E-state index in [0.29, 0.717) is 0 Å². The number of carboxylic acid groups (broad SMARTS) is 1. The van der Waals surface area contributed by atoms with Crippen LogP contribution in [-0.2, 0) is 11.0 Å². The number of alkyl halides is 3. The van der Waals surface area contributed by atoms with Gasteiger partial charge in [-0.05, 0) is 43.9 Å². The number of rotatable bonds is 4. The largest absolute Gasteiger partial charge is 0.480 e. The number of hydrogen-bond donors (Lipinski definition) is 2. The van der Waals surface area contributed by atoms with Gasteiger partial charge >= 0.3 is 12.1 Å². The molecule has 1 atom stereocenters. The molecule has 0 spiro atoms. The Labute approximate surface area is 119 Å². The first-order valence-corrected chi connectivity index (χ1v) is 6.31. The zero-order chi connectivity index (χ0) is 15.8. The van der Waals surface area contributed by atoms with E-state index in [9.17, 15) is 23.1 Å². The molecule has 1 aromatic carbocycles. The van der Waals surface area contributed by atoms with E-state index in [4.69, 9.17) is 5.26 Å². The number of nitrogens with zero attached hydrogens (tertiary/aromatic N) is 1. The van der Waals surface area contributed by atoms with E-state index in [1.807, 2.05) is 0 Å². The summed E-state index contributed by atoms with van der Waals surface area (Å²) < 4.78 is 37.8. The van der Waals surface area contributed by atoms with Crippen molar-refractivity contribution in [1.82, 2.24) is 0 Å². The second-order valence-corrected chi connectivity index (χ2v) is 5.28. The monoisotopic (exact) mass is 298 g/mol. The van der Waals surface area contributed by atoms with Gasteiger partial charge in [-0.2, -0.15) is 18.4 Å². The maximum absolute atomic E-state index is 12.6. The zero-order valence-corrected chi connectivity index (χ0v) is 11.2. The molecule has 1 saturated carbocycles. The Morgan fingerprint density at radius 1 is 1.43 bits per heavy atom. The van der Waals surface area contributed by atoms with Crippen LogP contribution in [-0.4, -0.2) is 16.6 Å². The predicted molar refractivity (Wildman–Crippen MR) is 68.5 cm³/mol. The second-order valence-electron chi connectivity index (χ2n) is 5.28. The molecule has 2 N–H and O–H groups in total. The van der Waals surface area contributed by atoms with Gasteiger partial charge in [-0.25, -0.2) is 4.79 Å². The molecule has 1 unspecified atom stereocenters. The molecular formula is C14H13F3N2O2. The van der Waals surface area contributed by atoms with Gasteiger partial charge in [-0.3, -0.25) is 0 Å². The Hall–Kier alpha value is -2.23. The van der Waals surface area contributed by atoms with E-state index >= 15 is 0 Å². The second kappa shape index (κ2) is 4.95. The number of anilines is 1. The minimum atomic E-state index is -4.54. The number of carboxylic acids is 1. The summed E-state index contributed by atoms with van der Waals surface area (Å²) in [5.74, 6) is -1.18. The highest BCUT2D eigenvalue weighted by molar-refractivity contribution is 5.84. The van der Waals surface area contributed by atoms with Crippen LogP contribution in [0, 0.1) is 17.2 Å². The highest BCUT2D eigenvalue weighted by Crippen LogP contribution is 2.42. The standard InChI is InChI=1S/C14H13F3N2O2/c1-13(12(20)21,9-2-3-9)19-11-5-4-10(14(15,16)17)6-8(11)7-18/h4-6,9,19H,2-3H2,1H3,(H,20,21). The van der Waals surface area contributed by atoms with Crippen LogP contribution < -0.4 is 5.32 Å². The van der Waals surface area contributed by atoms with Crippen molar-refractivity contribution in [2.45, 2.75) is 31.5 Å². The molecule has 112 valence electrons. The smallest absolute Gasteiger partial charge is 0.416 e. The van der Waals surface area contributed by atoms with Crippen LogP contribution in [0.25, 0.3) is 0 Å². The third-order valence-electron chi connectivity index (χ3n) is 3.70. The van der Waals surface area contributed by atoms with Crippen molar-refractivity contribution in [2.24, 2.45) is 5.92 Å². The fourth-order valence-corrected chi connectivity index (χ4v) is 2.19. The van der Waals surface area contributed by atoms with Crippen LogP contribution in [0.5, 0.6) is 0 Å². The summed E-state index contributed by atoms with van der Waals surface area (Å²) in [6, 6.07) is 4.33. The summed E-state index contributed by atoms with van der Waals surface area (Å²) in [6.07, 6.45) is -3.08. The number of benzene rings is 1. The van der Waals surface area contributed by atoms with Gasteiger partial charge in [0.25, 0.3) is 0 Å². The van der Waals surface area contributed by atoms with Crippen LogP contribution in [0.4, 0.5) is 18.9 Å². The lowest BCUT2D eigenvalue weighted by molar-refractivity contribution is -0.142. The molecule has 0 aromatic heterocycles. The summed E-state index contributed by atoms with van der Waals surface area (Å²) in [7, 11) is 0. The molecule has 0 radical (unpaired) electrons. The maximum Gasteiger partial charge on any atom is 0.416 e. The molecule has 0 heterocycles. The molecule has 0 aliphatic heterocycles. The van der Waals surface area contributed by atoms with Crippen LogP contribution in [0.2, 0.25) is 0 Å². The first-order chi connectivity index (χ1) is 9.68. The van der Waals surface area contributed by atoms with Gasteiger partial charge in [-0.1, -0.05) is 0 Å². The summed E-state index contributed by atoms with van der Waals surface area (Å²) in [6.45, 7) is 1.48.